The van der Waals surface area contributed by atoms with E-state index >= 15 is 0 Å². The van der Waals surface area contributed by atoms with Crippen LogP contribution in [0.5, 0.6) is 0 Å². The number of para-hydroxylation sites is 1. The maximum absolute atomic E-state index is 11.5. The van der Waals surface area contributed by atoms with Crippen molar-refractivity contribution in [2.45, 2.75) is 0 Å². The number of hydrogen-bond acceptors (Lipinski definition) is 5. The van der Waals surface area contributed by atoms with Crippen molar-refractivity contribution in [2.24, 2.45) is 0 Å². The van der Waals surface area contributed by atoms with Crippen molar-refractivity contribution >= 4 is 27.5 Å². The summed E-state index contributed by atoms with van der Waals surface area (Å²) >= 11 is 1.66. The van der Waals surface area contributed by atoms with Gasteiger partial charge in [0, 0.05) is 37.1 Å². The van der Waals surface area contributed by atoms with Crippen LogP contribution in [0.3, 0.4) is 0 Å². The molecule has 114 valence electrons. The third-order valence-electron chi connectivity index (χ3n) is 4.09. The summed E-state index contributed by atoms with van der Waals surface area (Å²) in [6.45, 7) is 4.15. The lowest BCUT2D eigenvalue weighted by Crippen LogP contribution is -2.44. The highest BCUT2D eigenvalue weighted by molar-refractivity contribution is 7.14. The third-order valence-corrected chi connectivity index (χ3v) is 4.99. The van der Waals surface area contributed by atoms with Crippen LogP contribution >= 0.6 is 11.3 Å². The minimum atomic E-state index is -0.183. The van der Waals surface area contributed by atoms with Gasteiger partial charge in [0.25, 0.3) is 0 Å². The Morgan fingerprint density at radius 1 is 1.18 bits per heavy atom. The number of hydrogen-bond donors (Lipinski definition) is 2. The zero-order valence-electron chi connectivity index (χ0n) is 12.3. The minimum absolute atomic E-state index is 0.183. The molecule has 6 nitrogen and oxygen atoms in total. The van der Waals surface area contributed by atoms with Crippen molar-refractivity contribution in [3.05, 3.63) is 34.1 Å². The molecule has 0 saturated carbocycles. The highest BCUT2D eigenvalue weighted by atomic mass is 32.1. The van der Waals surface area contributed by atoms with Gasteiger partial charge >= 0.3 is 5.69 Å². The van der Waals surface area contributed by atoms with Crippen LogP contribution in [0.4, 0.5) is 5.13 Å². The Balaban J connectivity index is 1.70. The van der Waals surface area contributed by atoms with Gasteiger partial charge in [-0.3, -0.25) is 0 Å². The molecule has 2 N–H and O–H groups in total. The molecule has 1 aliphatic heterocycles. The molecule has 3 aromatic rings. The number of anilines is 1. The fourth-order valence-corrected chi connectivity index (χ4v) is 3.68. The minimum Gasteiger partial charge on any atom is -0.346 e. The molecule has 0 unspecified atom stereocenters. The fraction of sp³-hybridized carbons (Fsp3) is 0.333. The van der Waals surface area contributed by atoms with E-state index in [0.717, 1.165) is 53.6 Å². The number of aromatic amines is 2. The van der Waals surface area contributed by atoms with E-state index in [4.69, 9.17) is 4.98 Å². The monoisotopic (exact) mass is 315 g/mol. The van der Waals surface area contributed by atoms with Crippen LogP contribution in [0.15, 0.2) is 28.4 Å². The van der Waals surface area contributed by atoms with Gasteiger partial charge in [0.05, 0.1) is 16.7 Å². The molecule has 0 atom stereocenters. The summed E-state index contributed by atoms with van der Waals surface area (Å²) in [4.78, 5) is 26.6. The zero-order valence-corrected chi connectivity index (χ0v) is 13.1. The van der Waals surface area contributed by atoms with Crippen LogP contribution in [0.1, 0.15) is 0 Å². The summed E-state index contributed by atoms with van der Waals surface area (Å²) in [5, 5.41) is 3.12. The first-order chi connectivity index (χ1) is 10.7. The fourth-order valence-electron chi connectivity index (χ4n) is 2.80. The molecule has 1 fully saturated rings. The van der Waals surface area contributed by atoms with Crippen molar-refractivity contribution in [1.82, 2.24) is 19.9 Å². The predicted molar refractivity (Wildman–Crippen MR) is 89.7 cm³/mol. The van der Waals surface area contributed by atoms with Gasteiger partial charge < -0.3 is 19.8 Å². The van der Waals surface area contributed by atoms with Gasteiger partial charge in [-0.2, -0.15) is 0 Å². The summed E-state index contributed by atoms with van der Waals surface area (Å²) in [5.41, 5.74) is 3.34. The van der Waals surface area contributed by atoms with Crippen LogP contribution < -0.4 is 10.6 Å². The maximum Gasteiger partial charge on any atom is 0.323 e. The van der Waals surface area contributed by atoms with Crippen molar-refractivity contribution in [2.75, 3.05) is 38.1 Å². The van der Waals surface area contributed by atoms with E-state index in [1.807, 2.05) is 18.2 Å². The number of nitrogens with one attached hydrogen (secondary N) is 2. The Bertz CT molecular complexity index is 856. The number of H-pyrrole nitrogens is 2. The van der Waals surface area contributed by atoms with E-state index in [0.29, 0.717) is 0 Å². The molecular weight excluding hydrogens is 298 g/mol. The summed E-state index contributed by atoms with van der Waals surface area (Å²) in [6, 6.07) is 5.83. The Morgan fingerprint density at radius 2 is 2.00 bits per heavy atom. The molecular formula is C15H17N5OS. The number of imidazole rings is 1. The molecule has 2 aromatic heterocycles. The number of aromatic nitrogens is 3. The highest BCUT2D eigenvalue weighted by Gasteiger charge is 2.18. The molecule has 1 aromatic carbocycles. The van der Waals surface area contributed by atoms with Crippen LogP contribution in [-0.4, -0.2) is 53.1 Å². The molecule has 1 saturated heterocycles. The smallest absolute Gasteiger partial charge is 0.323 e. The van der Waals surface area contributed by atoms with Gasteiger partial charge in [-0.15, -0.1) is 11.3 Å². The highest BCUT2D eigenvalue weighted by Crippen LogP contribution is 2.30. The van der Waals surface area contributed by atoms with Crippen molar-refractivity contribution in [3.8, 4) is 11.3 Å². The van der Waals surface area contributed by atoms with Crippen molar-refractivity contribution in [3.63, 3.8) is 0 Å². The van der Waals surface area contributed by atoms with Crippen molar-refractivity contribution in [1.29, 1.82) is 0 Å². The van der Waals surface area contributed by atoms with Gasteiger partial charge in [-0.1, -0.05) is 12.1 Å². The molecule has 1 aliphatic rings. The lowest BCUT2D eigenvalue weighted by atomic mass is 10.1. The van der Waals surface area contributed by atoms with E-state index in [1.165, 1.54) is 0 Å². The molecule has 0 bridgehead atoms. The van der Waals surface area contributed by atoms with Crippen LogP contribution in [0, 0.1) is 0 Å². The molecule has 7 heteroatoms. The molecule has 0 radical (unpaired) electrons. The van der Waals surface area contributed by atoms with E-state index < -0.39 is 0 Å². The Labute approximate surface area is 131 Å². The Morgan fingerprint density at radius 3 is 2.82 bits per heavy atom. The maximum atomic E-state index is 11.5. The summed E-state index contributed by atoms with van der Waals surface area (Å²) < 4.78 is 0. The first kappa shape index (κ1) is 13.5. The zero-order chi connectivity index (χ0) is 15.1. The molecule has 22 heavy (non-hydrogen) atoms. The van der Waals surface area contributed by atoms with Gasteiger partial charge in [-0.05, 0) is 13.1 Å². The van der Waals surface area contributed by atoms with Crippen LogP contribution in [-0.2, 0) is 0 Å². The Kier molecular flexibility index (Phi) is 3.24. The second-order valence-electron chi connectivity index (χ2n) is 5.61. The number of thiazole rings is 1. The quantitative estimate of drug-likeness (QED) is 0.756. The predicted octanol–water partition coefficient (Wildman–Crippen LogP) is 1.73. The van der Waals surface area contributed by atoms with E-state index in [1.54, 1.807) is 11.3 Å². The number of piperazine rings is 1. The summed E-state index contributed by atoms with van der Waals surface area (Å²) in [5.74, 6) is 0. The molecule has 0 spiro atoms. The second-order valence-corrected chi connectivity index (χ2v) is 6.45. The first-order valence-electron chi connectivity index (χ1n) is 7.31. The molecule has 0 aliphatic carbocycles. The molecule has 4 rings (SSSR count). The Hall–Kier alpha value is -2.12. The number of rotatable bonds is 2. The average molecular weight is 315 g/mol. The average Bonchev–Trinajstić information content (AvgIpc) is 3.13. The van der Waals surface area contributed by atoms with Crippen molar-refractivity contribution < 1.29 is 0 Å². The standard InChI is InChI=1S/C15H17N5OS/c1-19-5-7-20(8-6-19)15-17-12(9-22-15)10-3-2-4-11-13(10)18-14(21)16-11/h2-4,9H,5-8H2,1H3,(H2,16,18,21). The number of benzene rings is 1. The van der Waals surface area contributed by atoms with Gasteiger partial charge in [0.1, 0.15) is 0 Å². The molecule has 0 amide bonds. The van der Waals surface area contributed by atoms with Crippen LogP contribution in [0.25, 0.3) is 22.3 Å². The third kappa shape index (κ3) is 2.32. The SMILES string of the molecule is CN1CCN(c2nc(-c3cccc4[nH]c(=O)[nH]c34)cs2)CC1. The van der Waals surface area contributed by atoms with Crippen LogP contribution in [0.2, 0.25) is 0 Å². The number of likely N-dealkylation sites (N-methyl/N-ethyl adjacent to an activating group) is 1. The van der Waals surface area contributed by atoms with E-state index in [2.05, 4.69) is 32.2 Å². The van der Waals surface area contributed by atoms with E-state index in [9.17, 15) is 4.79 Å². The normalized spacial score (nSPS) is 16.5. The topological polar surface area (TPSA) is 68.0 Å². The first-order valence-corrected chi connectivity index (χ1v) is 8.19. The summed E-state index contributed by atoms with van der Waals surface area (Å²) in [6.07, 6.45) is 0. The molecule has 3 heterocycles. The van der Waals surface area contributed by atoms with E-state index in [-0.39, 0.29) is 5.69 Å². The number of fused-ring (bicyclic) bond motifs is 1. The second kappa shape index (κ2) is 5.26. The lowest BCUT2D eigenvalue weighted by Gasteiger charge is -2.32. The van der Waals surface area contributed by atoms with Gasteiger partial charge in [-0.25, -0.2) is 9.78 Å². The van der Waals surface area contributed by atoms with Gasteiger partial charge in [0.2, 0.25) is 0 Å². The number of nitrogens with zero attached hydrogens (tertiary/aromatic N) is 3. The summed E-state index contributed by atoms with van der Waals surface area (Å²) in [7, 11) is 2.15. The largest absolute Gasteiger partial charge is 0.346 e. The van der Waals surface area contributed by atoms with Gasteiger partial charge in [0.15, 0.2) is 5.13 Å². The lowest BCUT2D eigenvalue weighted by molar-refractivity contribution is 0.313.